The van der Waals surface area contributed by atoms with Gasteiger partial charge >= 0.3 is 23.9 Å². The van der Waals surface area contributed by atoms with Crippen molar-refractivity contribution in [2.24, 2.45) is 23.7 Å². The topological polar surface area (TPSA) is 142 Å². The molecule has 0 N–H and O–H groups in total. The predicted octanol–water partition coefficient (Wildman–Crippen LogP) is 7.19. The van der Waals surface area contributed by atoms with Gasteiger partial charge in [0.1, 0.15) is 24.4 Å². The molecule has 12 nitrogen and oxygen atoms in total. The average Bonchev–Trinajstić information content (AvgIpc) is 4.01. The fraction of sp³-hybridized carbons (Fsp3) is 0.907. The molecule has 0 aromatic carbocycles. The zero-order valence-electron chi connectivity index (χ0n) is 34.7. The highest BCUT2D eigenvalue weighted by molar-refractivity contribution is 5.74. The van der Waals surface area contributed by atoms with E-state index < -0.39 is 23.7 Å². The Morgan fingerprint density at radius 2 is 0.636 bits per heavy atom. The van der Waals surface area contributed by atoms with E-state index in [1.165, 1.54) is 0 Å². The van der Waals surface area contributed by atoms with Crippen LogP contribution in [-0.2, 0) is 57.1 Å². The minimum Gasteiger partial charge on any atom is -0.462 e. The first kappa shape index (κ1) is 43.8. The Morgan fingerprint density at radius 3 is 0.909 bits per heavy atom. The van der Waals surface area contributed by atoms with Crippen molar-refractivity contribution < 1.29 is 57.1 Å². The number of ether oxygens (including phenoxy) is 8. The van der Waals surface area contributed by atoms with Crippen molar-refractivity contribution >= 4 is 23.9 Å². The second-order valence-corrected chi connectivity index (χ2v) is 17.2. The summed E-state index contributed by atoms with van der Waals surface area (Å²) in [6, 6.07) is 0. The van der Waals surface area contributed by atoms with Crippen molar-refractivity contribution in [3.05, 3.63) is 0 Å². The molecule has 5 saturated heterocycles. The molecule has 0 aliphatic carbocycles. The third-order valence-electron chi connectivity index (χ3n) is 13.0. The molecule has 5 fully saturated rings. The molecule has 5 aliphatic heterocycles. The molecule has 314 valence electrons. The zero-order chi connectivity index (χ0) is 39.8. The van der Waals surface area contributed by atoms with Crippen molar-refractivity contribution in [2.45, 2.75) is 225 Å². The van der Waals surface area contributed by atoms with Gasteiger partial charge in [-0.3, -0.25) is 19.2 Å². The smallest absolute Gasteiger partial charge is 0.311 e. The predicted molar refractivity (Wildman–Crippen MR) is 203 cm³/mol. The molecule has 0 aromatic rings. The molecule has 5 heterocycles. The minimum atomic E-state index is -0.435. The van der Waals surface area contributed by atoms with Crippen LogP contribution in [0.2, 0.25) is 0 Å². The molecule has 5 aliphatic rings. The summed E-state index contributed by atoms with van der Waals surface area (Å²) < 4.78 is 49.3. The molecule has 0 unspecified atom stereocenters. The first-order valence-electron chi connectivity index (χ1n) is 21.7. The van der Waals surface area contributed by atoms with Gasteiger partial charge in [-0.1, -0.05) is 20.8 Å². The van der Waals surface area contributed by atoms with Crippen LogP contribution in [-0.4, -0.2) is 97.1 Å². The lowest BCUT2D eigenvalue weighted by atomic mass is 9.99. The van der Waals surface area contributed by atoms with E-state index in [1.807, 2.05) is 55.4 Å². The van der Waals surface area contributed by atoms with Crippen LogP contribution in [0.5, 0.6) is 0 Å². The van der Waals surface area contributed by atoms with Crippen molar-refractivity contribution in [3.8, 4) is 0 Å². The van der Waals surface area contributed by atoms with Crippen molar-refractivity contribution in [3.63, 3.8) is 0 Å². The fourth-order valence-electron chi connectivity index (χ4n) is 9.02. The number of esters is 4. The van der Waals surface area contributed by atoms with E-state index in [2.05, 4.69) is 0 Å². The Balaban J connectivity index is 1.23. The quantitative estimate of drug-likeness (QED) is 0.211. The largest absolute Gasteiger partial charge is 0.462 e. The van der Waals surface area contributed by atoms with Gasteiger partial charge in [0.2, 0.25) is 0 Å². The number of rotatable bonds is 3. The van der Waals surface area contributed by atoms with Crippen LogP contribution >= 0.6 is 0 Å². The molecule has 0 aromatic heterocycles. The molecular formula is C43H70O12. The minimum absolute atomic E-state index is 0.116. The highest BCUT2D eigenvalue weighted by Crippen LogP contribution is 2.35. The van der Waals surface area contributed by atoms with Crippen LogP contribution in [0, 0.1) is 23.7 Å². The van der Waals surface area contributed by atoms with Gasteiger partial charge in [-0.2, -0.15) is 0 Å². The molecule has 0 radical (unpaired) electrons. The summed E-state index contributed by atoms with van der Waals surface area (Å²) in [6.45, 7) is 15.3. The number of carbonyl (C=O) groups is 4. The average molecular weight is 779 g/mol. The first-order valence-corrected chi connectivity index (χ1v) is 21.7. The summed E-state index contributed by atoms with van der Waals surface area (Å²) >= 11 is 0. The molecule has 5 rings (SSSR count). The molecule has 55 heavy (non-hydrogen) atoms. The summed E-state index contributed by atoms with van der Waals surface area (Å²) in [4.78, 5) is 53.2. The molecule has 0 saturated carbocycles. The lowest BCUT2D eigenvalue weighted by Crippen LogP contribution is -2.34. The summed E-state index contributed by atoms with van der Waals surface area (Å²) in [5.74, 6) is -2.86. The Bertz CT molecular complexity index is 1270. The first-order chi connectivity index (χ1) is 26.3. The molecule has 0 spiro atoms. The summed E-state index contributed by atoms with van der Waals surface area (Å²) in [5.41, 5.74) is 0. The highest BCUT2D eigenvalue weighted by atomic mass is 16.6. The van der Waals surface area contributed by atoms with E-state index in [4.69, 9.17) is 37.9 Å². The van der Waals surface area contributed by atoms with E-state index in [9.17, 15) is 19.2 Å². The maximum absolute atomic E-state index is 13.4. The van der Waals surface area contributed by atoms with Crippen molar-refractivity contribution in [1.29, 1.82) is 0 Å². The van der Waals surface area contributed by atoms with Crippen LogP contribution in [0.3, 0.4) is 0 Å². The third kappa shape index (κ3) is 11.9. The van der Waals surface area contributed by atoms with Crippen molar-refractivity contribution in [2.75, 3.05) is 0 Å². The third-order valence-corrected chi connectivity index (χ3v) is 13.0. The monoisotopic (exact) mass is 778 g/mol. The van der Waals surface area contributed by atoms with Gasteiger partial charge in [0.25, 0.3) is 0 Å². The SMILES string of the molecule is CC[C@H]1C[C@H]2CC[C@@H](O2)[C@@H](C)C(=O)O[C@H](CC)C[C@H]2CC[C@@H](O2)[C@H](C)C(=O)O[C@@H](C)C[C@@H]2CC[C@H](O2)[C@@H](C)C(=O)O[C@H](CC)C[C@@H]2CC[C@@H](O2)[C@H](C)C(=O)O1. The standard InChI is InChI=1S/C43H70O12/c1-9-29-21-33-13-17-36(50-33)25(5)40(44)48-24(4)20-32-12-16-37(49-32)26(6)41(45)53-30(10-2)22-34-14-18-39(51-34)28(8)43(47)55-31(11-3)23-35-15-19-38(52-35)27(7)42(46)54-29/h24-39H,9-23H2,1-8H3/t24-,25-,26+,27+,28-,29+,30+,31-,32-,33+,34-,35+,36+,37-,38+,39+/m0/s1. The molecule has 16 atom stereocenters. The second kappa shape index (κ2) is 20.4. The lowest BCUT2D eigenvalue weighted by molar-refractivity contribution is -0.162. The number of hydrogen-bond donors (Lipinski definition) is 0. The van der Waals surface area contributed by atoms with Gasteiger partial charge in [-0.25, -0.2) is 0 Å². The zero-order valence-corrected chi connectivity index (χ0v) is 34.7. The van der Waals surface area contributed by atoms with Crippen LogP contribution in [0.1, 0.15) is 152 Å². The summed E-state index contributed by atoms with van der Waals surface area (Å²) in [6.07, 6.45) is 7.47. The van der Waals surface area contributed by atoms with Gasteiger partial charge in [0, 0.05) is 25.7 Å². The van der Waals surface area contributed by atoms with E-state index in [1.54, 1.807) is 0 Å². The van der Waals surface area contributed by atoms with Crippen LogP contribution in [0.15, 0.2) is 0 Å². The van der Waals surface area contributed by atoms with Crippen LogP contribution < -0.4 is 0 Å². The van der Waals surface area contributed by atoms with E-state index in [0.29, 0.717) is 44.9 Å². The lowest BCUT2D eigenvalue weighted by Gasteiger charge is -2.27. The Labute approximate surface area is 329 Å². The second-order valence-electron chi connectivity index (χ2n) is 17.2. The number of carbonyl (C=O) groups excluding carboxylic acids is 4. The van der Waals surface area contributed by atoms with E-state index in [-0.39, 0.29) is 97.1 Å². The summed E-state index contributed by atoms with van der Waals surface area (Å²) in [7, 11) is 0. The maximum Gasteiger partial charge on any atom is 0.311 e. The Morgan fingerprint density at radius 1 is 0.382 bits per heavy atom. The number of fused-ring (bicyclic) bond motifs is 8. The molecule has 8 bridgehead atoms. The van der Waals surface area contributed by atoms with Gasteiger partial charge in [-0.05, 0) is 105 Å². The fourth-order valence-corrected chi connectivity index (χ4v) is 9.02. The van der Waals surface area contributed by atoms with Gasteiger partial charge < -0.3 is 37.9 Å². The maximum atomic E-state index is 13.4. The number of cyclic esters (lactones) is 4. The summed E-state index contributed by atoms with van der Waals surface area (Å²) in [5, 5.41) is 0. The van der Waals surface area contributed by atoms with E-state index >= 15 is 0 Å². The molecule has 12 heteroatoms. The number of hydrogen-bond acceptors (Lipinski definition) is 12. The van der Waals surface area contributed by atoms with Crippen LogP contribution in [0.4, 0.5) is 0 Å². The van der Waals surface area contributed by atoms with Gasteiger partial charge in [0.15, 0.2) is 0 Å². The van der Waals surface area contributed by atoms with E-state index in [0.717, 1.165) is 51.4 Å². The Kier molecular flexibility index (Phi) is 16.3. The van der Waals surface area contributed by atoms with Gasteiger partial charge in [0.05, 0.1) is 72.5 Å². The molecular weight excluding hydrogens is 708 g/mol. The highest BCUT2D eigenvalue weighted by Gasteiger charge is 2.41. The Hall–Kier alpha value is -2.28. The van der Waals surface area contributed by atoms with Crippen LogP contribution in [0.25, 0.3) is 0 Å². The van der Waals surface area contributed by atoms with Crippen molar-refractivity contribution in [1.82, 2.24) is 0 Å². The van der Waals surface area contributed by atoms with Gasteiger partial charge in [-0.15, -0.1) is 0 Å². The molecule has 0 amide bonds. The normalized spacial score (nSPS) is 43.4.